The molecule has 0 saturated carbocycles. The average molecular weight is 679 g/mol. The quantitative estimate of drug-likeness (QED) is 0.127. The number of hydrogen-bond acceptors (Lipinski definition) is 11. The summed E-state index contributed by atoms with van der Waals surface area (Å²) in [6, 6.07) is 22.3. The monoisotopic (exact) mass is 678 g/mol. The van der Waals surface area contributed by atoms with Crippen molar-refractivity contribution >= 4 is 27.6 Å². The van der Waals surface area contributed by atoms with E-state index in [9.17, 15) is 22.8 Å². The lowest BCUT2D eigenvalue weighted by Gasteiger charge is -2.27. The topological polar surface area (TPSA) is 184 Å². The minimum Gasteiger partial charge on any atom is -0.490 e. The van der Waals surface area contributed by atoms with E-state index in [0.29, 0.717) is 41.0 Å². The number of carbonyl (C=O) groups excluding carboxylic acids is 2. The van der Waals surface area contributed by atoms with Crippen LogP contribution >= 0.6 is 0 Å². The lowest BCUT2D eigenvalue weighted by atomic mass is 10.1. The highest BCUT2D eigenvalue weighted by Gasteiger charge is 2.48. The third-order valence-electron chi connectivity index (χ3n) is 7.97. The Bertz CT molecular complexity index is 1840. The summed E-state index contributed by atoms with van der Waals surface area (Å²) in [6.45, 7) is 2.24. The van der Waals surface area contributed by atoms with Gasteiger partial charge in [0.05, 0.1) is 12.3 Å². The second-order valence-electron chi connectivity index (χ2n) is 11.6. The predicted octanol–water partition coefficient (Wildman–Crippen LogP) is 4.37. The van der Waals surface area contributed by atoms with E-state index in [1.165, 1.54) is 4.90 Å². The second-order valence-corrected chi connectivity index (χ2v) is 13.9. The van der Waals surface area contributed by atoms with Crippen molar-refractivity contribution in [2.75, 3.05) is 23.8 Å². The van der Waals surface area contributed by atoms with Crippen molar-refractivity contribution in [3.8, 4) is 17.1 Å². The molecule has 1 fully saturated rings. The van der Waals surface area contributed by atoms with Gasteiger partial charge in [-0.05, 0) is 53.9 Å². The molecule has 4 aromatic rings. The average Bonchev–Trinajstić information content (AvgIpc) is 3.70. The van der Waals surface area contributed by atoms with Gasteiger partial charge in [0.2, 0.25) is 4.87 Å². The molecule has 0 radical (unpaired) electrons. The zero-order valence-electron chi connectivity index (χ0n) is 26.5. The first-order valence-corrected chi connectivity index (χ1v) is 17.3. The third-order valence-corrected chi connectivity index (χ3v) is 10.2. The minimum absolute atomic E-state index is 0.0681. The molecule has 14 heteroatoms. The Labute approximate surface area is 277 Å². The van der Waals surface area contributed by atoms with E-state index in [1.807, 2.05) is 13.0 Å². The maximum absolute atomic E-state index is 13.5. The summed E-state index contributed by atoms with van der Waals surface area (Å²) in [6.07, 6.45) is 1.56. The molecule has 1 aromatic heterocycles. The number of carbonyl (C=O) groups is 2. The Morgan fingerprint density at radius 2 is 1.73 bits per heavy atom. The summed E-state index contributed by atoms with van der Waals surface area (Å²) in [5.74, 6) is -1.16. The number of benzene rings is 3. The van der Waals surface area contributed by atoms with Gasteiger partial charge >= 0.3 is 17.8 Å². The van der Waals surface area contributed by atoms with E-state index in [2.05, 4.69) is 14.7 Å². The summed E-state index contributed by atoms with van der Waals surface area (Å²) in [5.41, 5.74) is 8.88. The minimum atomic E-state index is -4.09. The Morgan fingerprint density at radius 3 is 2.40 bits per heavy atom. The predicted molar refractivity (Wildman–Crippen MR) is 177 cm³/mol. The SMILES string of the molecule is CCCCCCS(=O)(=O)C(N)(Cc1ccc(OCC2CN(c3ccc(-c4noc(=O)[nH]4)cc3)C(=O)O2)cc1)C(=O)OCc1ccccc1. The summed E-state index contributed by atoms with van der Waals surface area (Å²) in [5, 5.41) is 3.65. The Morgan fingerprint density at radius 1 is 1.00 bits per heavy atom. The maximum atomic E-state index is 13.5. The van der Waals surface area contributed by atoms with E-state index in [-0.39, 0.29) is 37.8 Å². The number of amides is 1. The normalized spacial score (nSPS) is 15.9. The first-order valence-electron chi connectivity index (χ1n) is 15.7. The molecule has 2 heterocycles. The van der Waals surface area contributed by atoms with Crippen LogP contribution in [0.15, 0.2) is 88.2 Å². The zero-order chi connectivity index (χ0) is 34.1. The van der Waals surface area contributed by atoms with Gasteiger partial charge in [-0.25, -0.2) is 22.8 Å². The number of aromatic nitrogens is 2. The largest absolute Gasteiger partial charge is 0.490 e. The number of esters is 1. The fourth-order valence-corrected chi connectivity index (χ4v) is 6.87. The van der Waals surface area contributed by atoms with Crippen molar-refractivity contribution < 1.29 is 36.7 Å². The van der Waals surface area contributed by atoms with Gasteiger partial charge in [0.15, 0.2) is 21.8 Å². The number of ether oxygens (including phenoxy) is 3. The molecule has 48 heavy (non-hydrogen) atoms. The number of rotatable bonds is 16. The first kappa shape index (κ1) is 34.4. The number of cyclic esters (lactones) is 1. The lowest BCUT2D eigenvalue weighted by Crippen LogP contribution is -2.58. The van der Waals surface area contributed by atoms with Crippen LogP contribution in [0.1, 0.15) is 43.7 Å². The fraction of sp³-hybridized carbons (Fsp3) is 0.353. The molecule has 0 spiro atoms. The van der Waals surface area contributed by atoms with Crippen LogP contribution in [0.25, 0.3) is 11.4 Å². The van der Waals surface area contributed by atoms with Crippen molar-refractivity contribution in [2.24, 2.45) is 5.73 Å². The smallest absolute Gasteiger partial charge is 0.439 e. The van der Waals surface area contributed by atoms with Gasteiger partial charge in [0.1, 0.15) is 19.0 Å². The van der Waals surface area contributed by atoms with Crippen molar-refractivity contribution in [3.63, 3.8) is 0 Å². The molecule has 1 amide bonds. The molecule has 0 bridgehead atoms. The van der Waals surface area contributed by atoms with Crippen LogP contribution in [0.4, 0.5) is 10.5 Å². The highest BCUT2D eigenvalue weighted by atomic mass is 32.2. The van der Waals surface area contributed by atoms with Crippen LogP contribution in [0.5, 0.6) is 5.75 Å². The number of nitrogens with zero attached hydrogens (tertiary/aromatic N) is 2. The number of aromatic amines is 1. The number of H-pyrrole nitrogens is 1. The molecule has 0 aliphatic carbocycles. The summed E-state index contributed by atoms with van der Waals surface area (Å²) >= 11 is 0. The van der Waals surface area contributed by atoms with Gasteiger partial charge < -0.3 is 19.9 Å². The van der Waals surface area contributed by atoms with E-state index in [4.69, 9.17) is 19.9 Å². The highest BCUT2D eigenvalue weighted by molar-refractivity contribution is 7.93. The van der Waals surface area contributed by atoms with E-state index in [0.717, 1.165) is 12.8 Å². The lowest BCUT2D eigenvalue weighted by molar-refractivity contribution is -0.148. The molecular formula is C34H38N4O9S. The van der Waals surface area contributed by atoms with Crippen LogP contribution in [0, 0.1) is 0 Å². The Hall–Kier alpha value is -4.95. The van der Waals surface area contributed by atoms with Gasteiger partial charge in [0, 0.05) is 17.7 Å². The van der Waals surface area contributed by atoms with Crippen molar-refractivity contribution in [2.45, 2.75) is 56.6 Å². The summed E-state index contributed by atoms with van der Waals surface area (Å²) in [7, 11) is -4.09. The van der Waals surface area contributed by atoms with Gasteiger partial charge in [0.25, 0.3) is 0 Å². The van der Waals surface area contributed by atoms with Crippen LogP contribution < -0.4 is 21.1 Å². The molecule has 1 aliphatic rings. The number of nitrogens with one attached hydrogen (secondary N) is 1. The molecule has 13 nitrogen and oxygen atoms in total. The molecule has 2 atom stereocenters. The van der Waals surface area contributed by atoms with Gasteiger partial charge in [-0.2, -0.15) is 0 Å². The first-order chi connectivity index (χ1) is 23.1. The maximum Gasteiger partial charge on any atom is 0.439 e. The molecule has 1 saturated heterocycles. The van der Waals surface area contributed by atoms with Crippen LogP contribution in [0.2, 0.25) is 0 Å². The van der Waals surface area contributed by atoms with E-state index in [1.54, 1.807) is 72.8 Å². The number of anilines is 1. The molecule has 3 aromatic carbocycles. The van der Waals surface area contributed by atoms with Crippen LogP contribution in [0.3, 0.4) is 0 Å². The Kier molecular flexibility index (Phi) is 11.0. The summed E-state index contributed by atoms with van der Waals surface area (Å²) in [4.78, 5) is 38.8. The van der Waals surface area contributed by atoms with Crippen LogP contribution in [-0.4, -0.2) is 60.5 Å². The molecule has 5 rings (SSSR count). The van der Waals surface area contributed by atoms with Gasteiger partial charge in [-0.3, -0.25) is 14.4 Å². The number of sulfone groups is 1. The van der Waals surface area contributed by atoms with Crippen molar-refractivity contribution in [1.29, 1.82) is 0 Å². The van der Waals surface area contributed by atoms with Crippen molar-refractivity contribution in [1.82, 2.24) is 10.1 Å². The van der Waals surface area contributed by atoms with Crippen molar-refractivity contribution in [3.05, 3.63) is 101 Å². The van der Waals surface area contributed by atoms with Crippen LogP contribution in [-0.2, 0) is 37.1 Å². The third kappa shape index (κ3) is 8.30. The van der Waals surface area contributed by atoms with E-state index < -0.39 is 38.6 Å². The van der Waals surface area contributed by atoms with Gasteiger partial charge in [-0.1, -0.05) is 73.8 Å². The molecule has 2 unspecified atom stereocenters. The molecule has 254 valence electrons. The highest BCUT2D eigenvalue weighted by Crippen LogP contribution is 2.27. The molecular weight excluding hydrogens is 640 g/mol. The fourth-order valence-electron chi connectivity index (χ4n) is 5.22. The Balaban J connectivity index is 1.20. The number of hydrogen-bond donors (Lipinski definition) is 2. The standard InChI is InChI=1S/C34H38N4O9S/c1-2-3-4-8-19-48(42,43)34(35,31(39)45-22-25-9-6-5-7-10-25)20-24-11-17-28(18-12-24)44-23-29-21-38(33(41)46-29)27-15-13-26(14-16-27)30-36-32(40)47-37-30/h5-7,9-18,29H,2-4,8,19-23,35H2,1H3,(H,36,37,40). The van der Waals surface area contributed by atoms with Gasteiger partial charge in [-0.15, -0.1) is 0 Å². The second kappa shape index (κ2) is 15.3. The number of nitrogens with two attached hydrogens (primary N) is 1. The summed E-state index contributed by atoms with van der Waals surface area (Å²) < 4.78 is 48.3. The molecule has 1 aliphatic heterocycles. The number of unbranched alkanes of at least 4 members (excludes halogenated alkanes) is 3. The van der Waals surface area contributed by atoms with E-state index >= 15 is 0 Å². The molecule has 3 N–H and O–H groups in total. The zero-order valence-corrected chi connectivity index (χ0v) is 27.3.